The van der Waals surface area contributed by atoms with Gasteiger partial charge in [0.15, 0.2) is 0 Å². The fraction of sp³-hybridized carbons (Fsp3) is 0.326. The topological polar surface area (TPSA) is 0 Å². The minimum absolute atomic E-state index is 0. The second-order valence-corrected chi connectivity index (χ2v) is 20.7. The van der Waals surface area contributed by atoms with Crippen LogP contribution in [0.25, 0.3) is 11.1 Å². The van der Waals surface area contributed by atoms with Crippen molar-refractivity contribution in [3.8, 4) is 11.1 Å². The third kappa shape index (κ3) is 6.81. The minimum Gasteiger partial charge on any atom is -0.147 e. The van der Waals surface area contributed by atoms with Gasteiger partial charge in [-0.15, -0.1) is 24.8 Å². The summed E-state index contributed by atoms with van der Waals surface area (Å²) < 4.78 is 3.86. The Labute approximate surface area is 298 Å². The van der Waals surface area contributed by atoms with Crippen LogP contribution in [0.3, 0.4) is 0 Å². The van der Waals surface area contributed by atoms with Gasteiger partial charge in [-0.05, 0) is 0 Å². The minimum atomic E-state index is -2.84. The van der Waals surface area contributed by atoms with Gasteiger partial charge in [0.05, 0.1) is 0 Å². The van der Waals surface area contributed by atoms with E-state index in [0.717, 1.165) is 12.8 Å². The van der Waals surface area contributed by atoms with E-state index in [4.69, 9.17) is 0 Å². The van der Waals surface area contributed by atoms with E-state index in [1.165, 1.54) is 33.4 Å². The predicted octanol–water partition coefficient (Wildman–Crippen LogP) is 12.3. The van der Waals surface area contributed by atoms with Gasteiger partial charge in [-0.3, -0.25) is 0 Å². The van der Waals surface area contributed by atoms with Gasteiger partial charge in [0.2, 0.25) is 0 Å². The van der Waals surface area contributed by atoms with E-state index < -0.39 is 21.3 Å². The molecule has 0 heterocycles. The largest absolute Gasteiger partial charge is 0.147 e. The summed E-state index contributed by atoms with van der Waals surface area (Å²) in [7, 11) is 0. The van der Waals surface area contributed by atoms with Gasteiger partial charge in [-0.25, -0.2) is 0 Å². The molecule has 0 spiro atoms. The van der Waals surface area contributed by atoms with Crippen LogP contribution in [0.4, 0.5) is 0 Å². The third-order valence-electron chi connectivity index (χ3n) is 9.79. The van der Waals surface area contributed by atoms with Crippen LogP contribution in [0.5, 0.6) is 0 Å². The summed E-state index contributed by atoms with van der Waals surface area (Å²) in [4.78, 5) is 0. The number of benzene rings is 4. The van der Waals surface area contributed by atoms with E-state index in [0.29, 0.717) is 9.54 Å². The molecule has 0 fully saturated rings. The second kappa shape index (κ2) is 14.4. The van der Waals surface area contributed by atoms with Crippen LogP contribution in [-0.4, -0.2) is 3.21 Å². The Kier molecular flexibility index (Phi) is 11.5. The molecule has 2 aliphatic carbocycles. The molecule has 0 aliphatic heterocycles. The first-order valence-electron chi connectivity index (χ1n) is 16.6. The van der Waals surface area contributed by atoms with Crippen LogP contribution in [0, 0.1) is 5.92 Å². The number of fused-ring (bicyclic) bond motifs is 3. The summed E-state index contributed by atoms with van der Waals surface area (Å²) in [5, 5.41) is 0. The molecule has 4 aromatic rings. The molecule has 46 heavy (non-hydrogen) atoms. The van der Waals surface area contributed by atoms with Crippen molar-refractivity contribution in [2.24, 2.45) is 5.92 Å². The maximum atomic E-state index is 2.61. The van der Waals surface area contributed by atoms with E-state index in [2.05, 4.69) is 165 Å². The standard InChI is InChI=1S/C21H25.C13H10.C9H13.2ClH.Zr/c1-20(2,3)16-7-9-18-14(12-16)11-15-13-17(21(4,5)6)8-10-19(15)18;1-3-7-12(8-4-1)11-13-9-5-2-6-10-13;1-3-8-5-6-9(4-2)7-8;;;/h7-13H,1-6H3;1-10H;5-6,8H,3-4H2,1-2H3;2*1H;. The number of hydrogen-bond acceptors (Lipinski definition) is 0. The molecule has 0 saturated heterocycles. The quantitative estimate of drug-likeness (QED) is 0.185. The molecular weight excluding hydrogens is 679 g/mol. The first-order chi connectivity index (χ1) is 21.0. The van der Waals surface area contributed by atoms with E-state index in [1.807, 2.05) is 3.28 Å². The van der Waals surface area contributed by atoms with E-state index >= 15 is 0 Å². The molecule has 0 amide bonds. The molecule has 1 unspecified atom stereocenters. The van der Waals surface area contributed by atoms with Gasteiger partial charge < -0.3 is 0 Å². The molecule has 0 aromatic heterocycles. The van der Waals surface area contributed by atoms with Gasteiger partial charge in [0.1, 0.15) is 0 Å². The Morgan fingerprint density at radius 2 is 1.09 bits per heavy atom. The fourth-order valence-corrected chi connectivity index (χ4v) is 17.7. The van der Waals surface area contributed by atoms with E-state index in [-0.39, 0.29) is 35.6 Å². The molecule has 240 valence electrons. The van der Waals surface area contributed by atoms with Crippen LogP contribution in [0.15, 0.2) is 118 Å². The molecule has 0 bridgehead atoms. The van der Waals surface area contributed by atoms with Crippen molar-refractivity contribution in [3.05, 3.63) is 151 Å². The van der Waals surface area contributed by atoms with Gasteiger partial charge in [-0.2, -0.15) is 0 Å². The molecule has 0 radical (unpaired) electrons. The summed E-state index contributed by atoms with van der Waals surface area (Å²) in [6, 6.07) is 37.8. The Balaban J connectivity index is 0.00000240. The van der Waals surface area contributed by atoms with Gasteiger partial charge in [-0.1, -0.05) is 0 Å². The van der Waals surface area contributed by atoms with Crippen LogP contribution in [-0.2, 0) is 32.1 Å². The Morgan fingerprint density at radius 3 is 1.48 bits per heavy atom. The van der Waals surface area contributed by atoms with Crippen molar-refractivity contribution in [3.63, 3.8) is 0 Å². The van der Waals surface area contributed by atoms with Gasteiger partial charge in [0.25, 0.3) is 0 Å². The number of rotatable bonds is 6. The summed E-state index contributed by atoms with van der Waals surface area (Å²) >= 11 is -2.84. The summed E-state index contributed by atoms with van der Waals surface area (Å²) in [5.41, 5.74) is 13.5. The molecule has 3 heteroatoms. The molecular formula is C43H50Cl2Zr. The molecule has 6 rings (SSSR count). The molecule has 0 nitrogen and oxygen atoms in total. The van der Waals surface area contributed by atoms with Gasteiger partial charge in [0, 0.05) is 0 Å². The summed E-state index contributed by atoms with van der Waals surface area (Å²) in [6.07, 6.45) is 7.29. The van der Waals surface area contributed by atoms with Gasteiger partial charge >= 0.3 is 276 Å². The van der Waals surface area contributed by atoms with Crippen molar-refractivity contribution in [2.45, 2.75) is 82.7 Å². The number of halogens is 2. The Hall–Kier alpha value is -2.31. The Morgan fingerprint density at radius 1 is 0.630 bits per heavy atom. The molecule has 0 N–H and O–H groups in total. The first-order valence-corrected chi connectivity index (χ1v) is 20.5. The number of hydrogen-bond donors (Lipinski definition) is 0. The molecule has 1 atom stereocenters. The van der Waals surface area contributed by atoms with Crippen molar-refractivity contribution in [1.29, 1.82) is 0 Å². The van der Waals surface area contributed by atoms with Crippen LogP contribution in [0.2, 0.25) is 0 Å². The monoisotopic (exact) mass is 726 g/mol. The predicted molar refractivity (Wildman–Crippen MR) is 202 cm³/mol. The van der Waals surface area contributed by atoms with Crippen LogP contribution >= 0.6 is 24.8 Å². The zero-order valence-corrected chi connectivity index (χ0v) is 32.9. The maximum Gasteiger partial charge on any atom is -0.147 e. The maximum absolute atomic E-state index is 2.84. The number of allylic oxidation sites excluding steroid dienone is 4. The second-order valence-electron chi connectivity index (χ2n) is 14.7. The average molecular weight is 729 g/mol. The summed E-state index contributed by atoms with van der Waals surface area (Å²) in [5.74, 6) is 0.519. The fourth-order valence-electron chi connectivity index (χ4n) is 7.30. The SMILES string of the molecule is CCC1=[C]([Zr](=[C](c2ccccc2)c2ccccc2)[CH]2c3cc(C(C)(C)C)ccc3-c3ccc(C(C)(C)C)cc32)C(CC)C=C1.Cl.Cl. The van der Waals surface area contributed by atoms with E-state index in [9.17, 15) is 0 Å². The van der Waals surface area contributed by atoms with Crippen molar-refractivity contribution >= 4 is 28.0 Å². The summed E-state index contributed by atoms with van der Waals surface area (Å²) in [6.45, 7) is 18.9. The average Bonchev–Trinajstić information content (AvgIpc) is 3.57. The zero-order chi connectivity index (χ0) is 31.2. The normalized spacial score (nSPS) is 15.6. The first kappa shape index (κ1) is 36.5. The zero-order valence-electron chi connectivity index (χ0n) is 28.8. The van der Waals surface area contributed by atoms with Crippen molar-refractivity contribution in [2.75, 3.05) is 0 Å². The van der Waals surface area contributed by atoms with E-state index in [1.54, 1.807) is 19.9 Å². The smallest absolute Gasteiger partial charge is 0.147 e. The molecule has 2 aliphatic rings. The van der Waals surface area contributed by atoms with Crippen molar-refractivity contribution < 1.29 is 21.3 Å². The van der Waals surface area contributed by atoms with Crippen LogP contribution < -0.4 is 0 Å². The van der Waals surface area contributed by atoms with Crippen molar-refractivity contribution in [1.82, 2.24) is 0 Å². The third-order valence-corrected chi connectivity index (χ3v) is 18.6. The molecule has 4 aromatic carbocycles. The molecule has 0 saturated carbocycles. The van der Waals surface area contributed by atoms with Crippen LogP contribution in [0.1, 0.15) is 105 Å². The Bertz CT molecular complexity index is 1680.